The van der Waals surface area contributed by atoms with Crippen LogP contribution in [-0.4, -0.2) is 39.2 Å². The van der Waals surface area contributed by atoms with E-state index in [0.29, 0.717) is 10.0 Å². The zero-order chi connectivity index (χ0) is 20.4. The van der Waals surface area contributed by atoms with E-state index in [-0.39, 0.29) is 11.6 Å². The highest BCUT2D eigenvalue weighted by molar-refractivity contribution is 6.31. The minimum Gasteiger partial charge on any atom is -0.297 e. The Morgan fingerprint density at radius 2 is 1.66 bits per heavy atom. The molecule has 1 heterocycles. The van der Waals surface area contributed by atoms with E-state index in [2.05, 4.69) is 34.5 Å². The Kier molecular flexibility index (Phi) is 5.91. The topological polar surface area (TPSA) is 46.8 Å². The lowest BCUT2D eigenvalue weighted by molar-refractivity contribution is 0.0830. The summed E-state index contributed by atoms with van der Waals surface area (Å²) in [6, 6.07) is 15.5. The van der Waals surface area contributed by atoms with Crippen LogP contribution in [0.15, 0.2) is 48.5 Å². The predicted octanol–water partition coefficient (Wildman–Crippen LogP) is 5.34. The largest absolute Gasteiger partial charge is 0.297 e. The van der Waals surface area contributed by atoms with Crippen LogP contribution in [0.2, 0.25) is 10.0 Å². The van der Waals surface area contributed by atoms with E-state index in [1.165, 1.54) is 19.3 Å². The molecule has 0 spiro atoms. The van der Waals surface area contributed by atoms with Crippen molar-refractivity contribution in [3.05, 3.63) is 75.5 Å². The molecule has 1 aliphatic carbocycles. The van der Waals surface area contributed by atoms with Crippen molar-refractivity contribution in [1.82, 2.24) is 25.1 Å². The molecule has 2 aromatic carbocycles. The second-order valence-electron chi connectivity index (χ2n) is 7.91. The van der Waals surface area contributed by atoms with Crippen LogP contribution in [-0.2, 0) is 5.54 Å². The molecular weight excluding hydrogens is 405 g/mol. The first kappa shape index (κ1) is 20.3. The molecule has 29 heavy (non-hydrogen) atoms. The van der Waals surface area contributed by atoms with Crippen molar-refractivity contribution in [2.24, 2.45) is 0 Å². The number of hydrogen-bond acceptors (Lipinski definition) is 4. The molecule has 152 valence electrons. The summed E-state index contributed by atoms with van der Waals surface area (Å²) >= 11 is 12.8. The van der Waals surface area contributed by atoms with Crippen LogP contribution in [0.25, 0.3) is 0 Å². The summed E-state index contributed by atoms with van der Waals surface area (Å²) in [5.74, 6) is 0.891. The standard InChI is InChI=1S/C22H25Cl2N5/c1-28(2)22(14-6-3-7-15-22)21-25-26-27-29(21)20(16-10-12-17(23)13-11-16)18-8-4-5-9-19(18)24/h4-5,8-13,20H,3,6-7,14-15H2,1-2H3/t20-/m0/s1. The van der Waals surface area contributed by atoms with Crippen molar-refractivity contribution in [2.45, 2.75) is 43.7 Å². The third kappa shape index (κ3) is 3.79. The quantitative estimate of drug-likeness (QED) is 0.548. The molecule has 0 saturated heterocycles. The van der Waals surface area contributed by atoms with Crippen LogP contribution in [0, 0.1) is 0 Å². The van der Waals surface area contributed by atoms with Crippen LogP contribution in [0.3, 0.4) is 0 Å². The Hall–Kier alpha value is -1.95. The monoisotopic (exact) mass is 429 g/mol. The first-order valence-corrected chi connectivity index (χ1v) is 10.7. The lowest BCUT2D eigenvalue weighted by Gasteiger charge is -2.42. The van der Waals surface area contributed by atoms with E-state index in [4.69, 9.17) is 23.2 Å². The van der Waals surface area contributed by atoms with Crippen LogP contribution < -0.4 is 0 Å². The maximum Gasteiger partial charge on any atom is 0.172 e. The van der Waals surface area contributed by atoms with Gasteiger partial charge in [0, 0.05) is 10.0 Å². The van der Waals surface area contributed by atoms with Crippen molar-refractivity contribution in [3.8, 4) is 0 Å². The Balaban J connectivity index is 1.90. The van der Waals surface area contributed by atoms with Crippen LogP contribution >= 0.6 is 23.2 Å². The van der Waals surface area contributed by atoms with Gasteiger partial charge in [0.2, 0.25) is 0 Å². The summed E-state index contributed by atoms with van der Waals surface area (Å²) in [6.45, 7) is 0. The van der Waals surface area contributed by atoms with E-state index in [0.717, 1.165) is 29.8 Å². The maximum absolute atomic E-state index is 6.63. The van der Waals surface area contributed by atoms with E-state index in [1.807, 2.05) is 53.2 Å². The van der Waals surface area contributed by atoms with Crippen molar-refractivity contribution >= 4 is 23.2 Å². The molecule has 0 unspecified atom stereocenters. The molecule has 0 N–H and O–H groups in total. The first-order chi connectivity index (χ1) is 14.0. The summed E-state index contributed by atoms with van der Waals surface area (Å²) in [7, 11) is 4.24. The fraction of sp³-hybridized carbons (Fsp3) is 0.409. The molecule has 4 rings (SSSR count). The Bertz CT molecular complexity index is 961. The lowest BCUT2D eigenvalue weighted by Crippen LogP contribution is -2.45. The average molecular weight is 430 g/mol. The molecule has 5 nitrogen and oxygen atoms in total. The molecule has 3 aromatic rings. The molecule has 0 radical (unpaired) electrons. The molecule has 1 atom stereocenters. The zero-order valence-corrected chi connectivity index (χ0v) is 18.2. The maximum atomic E-state index is 6.63. The lowest BCUT2D eigenvalue weighted by atomic mass is 9.79. The molecule has 1 fully saturated rings. The fourth-order valence-corrected chi connectivity index (χ4v) is 4.84. The zero-order valence-electron chi connectivity index (χ0n) is 16.7. The molecule has 0 aliphatic heterocycles. The minimum atomic E-state index is -0.232. The van der Waals surface area contributed by atoms with Gasteiger partial charge in [0.25, 0.3) is 0 Å². The van der Waals surface area contributed by atoms with Gasteiger partial charge in [0.05, 0.1) is 5.54 Å². The Morgan fingerprint density at radius 3 is 2.31 bits per heavy atom. The predicted molar refractivity (Wildman–Crippen MR) is 116 cm³/mol. The molecule has 0 amide bonds. The number of halogens is 2. The second-order valence-corrected chi connectivity index (χ2v) is 8.75. The van der Waals surface area contributed by atoms with Gasteiger partial charge in [0.15, 0.2) is 5.82 Å². The number of hydrogen-bond donors (Lipinski definition) is 0. The molecule has 0 bridgehead atoms. The van der Waals surface area contributed by atoms with Crippen molar-refractivity contribution in [1.29, 1.82) is 0 Å². The van der Waals surface area contributed by atoms with Gasteiger partial charge in [-0.1, -0.05) is 72.8 Å². The highest BCUT2D eigenvalue weighted by atomic mass is 35.5. The summed E-state index contributed by atoms with van der Waals surface area (Å²) in [4.78, 5) is 2.28. The third-order valence-electron chi connectivity index (χ3n) is 6.08. The first-order valence-electron chi connectivity index (χ1n) is 9.98. The highest BCUT2D eigenvalue weighted by Crippen LogP contribution is 2.42. The van der Waals surface area contributed by atoms with Gasteiger partial charge in [-0.15, -0.1) is 5.10 Å². The number of nitrogens with zero attached hydrogens (tertiary/aromatic N) is 5. The number of benzene rings is 2. The van der Waals surface area contributed by atoms with Gasteiger partial charge in [-0.2, -0.15) is 0 Å². The summed E-state index contributed by atoms with van der Waals surface area (Å²) in [5.41, 5.74) is 1.82. The number of tetrazole rings is 1. The average Bonchev–Trinajstić information content (AvgIpc) is 3.21. The van der Waals surface area contributed by atoms with Crippen molar-refractivity contribution in [2.75, 3.05) is 14.1 Å². The van der Waals surface area contributed by atoms with Crippen LogP contribution in [0.1, 0.15) is 55.1 Å². The molecule has 1 aromatic heterocycles. The third-order valence-corrected chi connectivity index (χ3v) is 6.67. The Morgan fingerprint density at radius 1 is 0.966 bits per heavy atom. The molecular formula is C22H25Cl2N5. The SMILES string of the molecule is CN(C)C1(c2nnnn2[C@@H](c2ccc(Cl)cc2)c2ccccc2Cl)CCCCC1. The Labute approximate surface area is 181 Å². The van der Waals surface area contributed by atoms with Crippen molar-refractivity contribution < 1.29 is 0 Å². The summed E-state index contributed by atoms with van der Waals surface area (Å²) in [6.07, 6.45) is 5.67. The second kappa shape index (κ2) is 8.42. The number of rotatable bonds is 5. The van der Waals surface area contributed by atoms with Crippen LogP contribution in [0.5, 0.6) is 0 Å². The summed E-state index contributed by atoms with van der Waals surface area (Å²) < 4.78 is 1.95. The molecule has 1 aliphatic rings. The highest BCUT2D eigenvalue weighted by Gasteiger charge is 2.42. The fourth-order valence-electron chi connectivity index (χ4n) is 4.48. The van der Waals surface area contributed by atoms with Gasteiger partial charge < -0.3 is 0 Å². The van der Waals surface area contributed by atoms with E-state index >= 15 is 0 Å². The smallest absolute Gasteiger partial charge is 0.172 e. The van der Waals surface area contributed by atoms with Crippen molar-refractivity contribution in [3.63, 3.8) is 0 Å². The number of aromatic nitrogens is 4. The molecule has 7 heteroatoms. The van der Waals surface area contributed by atoms with Crippen LogP contribution in [0.4, 0.5) is 0 Å². The van der Waals surface area contributed by atoms with Gasteiger partial charge in [-0.05, 0) is 66.7 Å². The van der Waals surface area contributed by atoms with E-state index in [1.54, 1.807) is 0 Å². The van der Waals surface area contributed by atoms with E-state index < -0.39 is 0 Å². The van der Waals surface area contributed by atoms with Gasteiger partial charge in [-0.25, -0.2) is 4.68 Å². The minimum absolute atomic E-state index is 0.187. The van der Waals surface area contributed by atoms with E-state index in [9.17, 15) is 0 Å². The summed E-state index contributed by atoms with van der Waals surface area (Å²) in [5, 5.41) is 14.5. The van der Waals surface area contributed by atoms with Gasteiger partial charge in [0.1, 0.15) is 6.04 Å². The normalized spacial score (nSPS) is 17.4. The van der Waals surface area contributed by atoms with Gasteiger partial charge in [-0.3, -0.25) is 4.90 Å². The van der Waals surface area contributed by atoms with Gasteiger partial charge >= 0.3 is 0 Å². The molecule has 1 saturated carbocycles.